The Hall–Kier alpha value is -0.850. The monoisotopic (exact) mass is 331 g/mol. The van der Waals surface area contributed by atoms with E-state index in [0.29, 0.717) is 29.8 Å². The molecule has 118 valence electrons. The molecule has 1 aromatic heterocycles. The van der Waals surface area contributed by atoms with Gasteiger partial charge in [0.05, 0.1) is 5.02 Å². The molecule has 21 heavy (non-hydrogen) atoms. The Kier molecular flexibility index (Phi) is 4.52. The van der Waals surface area contributed by atoms with Crippen LogP contribution in [0.25, 0.3) is 0 Å². The van der Waals surface area contributed by atoms with E-state index in [1.54, 1.807) is 7.05 Å². The van der Waals surface area contributed by atoms with Gasteiger partial charge in [-0.15, -0.1) is 0 Å². The SMILES string of the molecule is CNc1ncc(S(=O)(=O)N2CCC(C(C)(C)C)C2)cc1Cl. The highest BCUT2D eigenvalue weighted by molar-refractivity contribution is 7.89. The van der Waals surface area contributed by atoms with Crippen LogP contribution in [-0.2, 0) is 10.0 Å². The number of pyridine rings is 1. The zero-order valence-electron chi connectivity index (χ0n) is 12.9. The van der Waals surface area contributed by atoms with E-state index < -0.39 is 10.0 Å². The number of aromatic nitrogens is 1. The molecule has 0 aliphatic carbocycles. The van der Waals surface area contributed by atoms with Crippen LogP contribution in [0.1, 0.15) is 27.2 Å². The molecule has 1 atom stereocenters. The van der Waals surface area contributed by atoms with Crippen molar-refractivity contribution < 1.29 is 8.42 Å². The molecule has 1 N–H and O–H groups in total. The van der Waals surface area contributed by atoms with Gasteiger partial charge in [0.1, 0.15) is 10.7 Å². The van der Waals surface area contributed by atoms with Crippen molar-refractivity contribution in [3.05, 3.63) is 17.3 Å². The molecule has 7 heteroatoms. The smallest absolute Gasteiger partial charge is 0.244 e. The molecule has 0 saturated carbocycles. The zero-order valence-corrected chi connectivity index (χ0v) is 14.4. The first-order chi connectivity index (χ1) is 9.66. The number of rotatable bonds is 3. The van der Waals surface area contributed by atoms with Crippen molar-refractivity contribution in [1.29, 1.82) is 0 Å². The molecular formula is C14H22ClN3O2S. The van der Waals surface area contributed by atoms with Gasteiger partial charge in [0.25, 0.3) is 0 Å². The van der Waals surface area contributed by atoms with Gasteiger partial charge in [0.15, 0.2) is 0 Å². The highest BCUT2D eigenvalue weighted by Gasteiger charge is 2.37. The largest absolute Gasteiger partial charge is 0.372 e. The summed E-state index contributed by atoms with van der Waals surface area (Å²) in [6, 6.07) is 1.46. The second-order valence-electron chi connectivity index (χ2n) is 6.47. The minimum atomic E-state index is -3.52. The van der Waals surface area contributed by atoms with Gasteiger partial charge in [-0.1, -0.05) is 32.4 Å². The van der Waals surface area contributed by atoms with Gasteiger partial charge in [-0.25, -0.2) is 13.4 Å². The van der Waals surface area contributed by atoms with Gasteiger partial charge in [-0.05, 0) is 23.8 Å². The fraction of sp³-hybridized carbons (Fsp3) is 0.643. The van der Waals surface area contributed by atoms with E-state index in [4.69, 9.17) is 11.6 Å². The average molecular weight is 332 g/mol. The highest BCUT2D eigenvalue weighted by atomic mass is 35.5. The van der Waals surface area contributed by atoms with Crippen LogP contribution in [0.5, 0.6) is 0 Å². The van der Waals surface area contributed by atoms with Crippen molar-refractivity contribution >= 4 is 27.4 Å². The summed E-state index contributed by atoms with van der Waals surface area (Å²) in [7, 11) is -1.83. The van der Waals surface area contributed by atoms with Crippen molar-refractivity contribution in [2.45, 2.75) is 32.1 Å². The van der Waals surface area contributed by atoms with Crippen molar-refractivity contribution in [3.63, 3.8) is 0 Å². The van der Waals surface area contributed by atoms with Crippen LogP contribution in [0.4, 0.5) is 5.82 Å². The van der Waals surface area contributed by atoms with E-state index >= 15 is 0 Å². The molecule has 5 nitrogen and oxygen atoms in total. The minimum absolute atomic E-state index is 0.107. The van der Waals surface area contributed by atoms with Crippen molar-refractivity contribution in [2.24, 2.45) is 11.3 Å². The summed E-state index contributed by atoms with van der Waals surface area (Å²) < 4.78 is 26.9. The third-order valence-electron chi connectivity index (χ3n) is 4.07. The van der Waals surface area contributed by atoms with E-state index in [9.17, 15) is 8.42 Å². The molecule has 1 aromatic rings. The minimum Gasteiger partial charge on any atom is -0.372 e. The summed E-state index contributed by atoms with van der Waals surface area (Å²) in [6.45, 7) is 7.54. The van der Waals surface area contributed by atoms with Crippen LogP contribution in [-0.4, -0.2) is 37.8 Å². The summed E-state index contributed by atoms with van der Waals surface area (Å²) in [5, 5.41) is 3.13. The summed E-state index contributed by atoms with van der Waals surface area (Å²) in [4.78, 5) is 4.21. The lowest BCUT2D eigenvalue weighted by molar-refractivity contribution is 0.252. The second-order valence-corrected chi connectivity index (χ2v) is 8.81. The predicted molar refractivity (Wildman–Crippen MR) is 85.1 cm³/mol. The number of hydrogen-bond acceptors (Lipinski definition) is 4. The van der Waals surface area contributed by atoms with E-state index in [-0.39, 0.29) is 10.3 Å². The summed E-state index contributed by atoms with van der Waals surface area (Å²) in [5.41, 5.74) is 0.107. The molecular weight excluding hydrogens is 310 g/mol. The van der Waals surface area contributed by atoms with Crippen LogP contribution < -0.4 is 5.32 Å². The zero-order chi connectivity index (χ0) is 15.8. The molecule has 1 fully saturated rings. The molecule has 0 radical (unpaired) electrons. The Morgan fingerprint density at radius 1 is 1.43 bits per heavy atom. The maximum absolute atomic E-state index is 12.7. The van der Waals surface area contributed by atoms with E-state index in [1.165, 1.54) is 16.6 Å². The maximum atomic E-state index is 12.7. The predicted octanol–water partition coefficient (Wildman–Crippen LogP) is 2.83. The fourth-order valence-electron chi connectivity index (χ4n) is 2.55. The third kappa shape index (κ3) is 3.33. The highest BCUT2D eigenvalue weighted by Crippen LogP contribution is 2.36. The van der Waals surface area contributed by atoms with Crippen molar-refractivity contribution in [1.82, 2.24) is 9.29 Å². The first kappa shape index (κ1) is 16.5. The molecule has 0 amide bonds. The summed E-state index contributed by atoms with van der Waals surface area (Å²) >= 11 is 6.04. The van der Waals surface area contributed by atoms with E-state index in [1.807, 2.05) is 0 Å². The van der Waals surface area contributed by atoms with Gasteiger partial charge in [-0.2, -0.15) is 4.31 Å². The third-order valence-corrected chi connectivity index (χ3v) is 6.18. The normalized spacial score (nSPS) is 20.7. The van der Waals surface area contributed by atoms with Gasteiger partial charge < -0.3 is 5.32 Å². The number of hydrogen-bond donors (Lipinski definition) is 1. The lowest BCUT2D eigenvalue weighted by atomic mass is 9.80. The summed E-state index contributed by atoms with van der Waals surface area (Å²) in [6.07, 6.45) is 2.25. The van der Waals surface area contributed by atoms with Crippen LogP contribution in [0.3, 0.4) is 0 Å². The van der Waals surface area contributed by atoms with Crippen LogP contribution in [0.15, 0.2) is 17.2 Å². The average Bonchev–Trinajstić information content (AvgIpc) is 2.88. The van der Waals surface area contributed by atoms with Crippen LogP contribution >= 0.6 is 11.6 Å². The van der Waals surface area contributed by atoms with Gasteiger partial charge >= 0.3 is 0 Å². The van der Waals surface area contributed by atoms with Crippen molar-refractivity contribution in [3.8, 4) is 0 Å². The standard InChI is InChI=1S/C14H22ClN3O2S/c1-14(2,3)10-5-6-18(9-10)21(19,20)11-7-12(15)13(16-4)17-8-11/h7-8,10H,5-6,9H2,1-4H3,(H,16,17). The molecule has 1 unspecified atom stereocenters. The van der Waals surface area contributed by atoms with Crippen molar-refractivity contribution in [2.75, 3.05) is 25.5 Å². The Bertz CT molecular complexity index is 626. The van der Waals surface area contributed by atoms with Crippen LogP contribution in [0, 0.1) is 11.3 Å². The topological polar surface area (TPSA) is 62.3 Å². The first-order valence-corrected chi connectivity index (χ1v) is 8.81. The number of halogens is 1. The molecule has 1 aliphatic rings. The molecule has 0 aromatic carbocycles. The Balaban J connectivity index is 2.25. The lowest BCUT2D eigenvalue weighted by Gasteiger charge is -2.26. The number of nitrogens with zero attached hydrogens (tertiary/aromatic N) is 2. The van der Waals surface area contributed by atoms with Crippen LogP contribution in [0.2, 0.25) is 5.02 Å². The summed E-state index contributed by atoms with van der Waals surface area (Å²) in [5.74, 6) is 0.844. The molecule has 1 saturated heterocycles. The van der Waals surface area contributed by atoms with Gasteiger partial charge in [-0.3, -0.25) is 0 Å². The molecule has 2 rings (SSSR count). The Morgan fingerprint density at radius 2 is 2.10 bits per heavy atom. The van der Waals surface area contributed by atoms with E-state index in [2.05, 4.69) is 31.1 Å². The van der Waals surface area contributed by atoms with Gasteiger partial charge in [0.2, 0.25) is 10.0 Å². The quantitative estimate of drug-likeness (QED) is 0.925. The number of sulfonamides is 1. The number of nitrogens with one attached hydrogen (secondary N) is 1. The Morgan fingerprint density at radius 3 is 2.57 bits per heavy atom. The fourth-order valence-corrected chi connectivity index (χ4v) is 4.35. The molecule has 2 heterocycles. The number of anilines is 1. The molecule has 0 spiro atoms. The lowest BCUT2D eigenvalue weighted by Crippen LogP contribution is -2.31. The first-order valence-electron chi connectivity index (χ1n) is 6.99. The Labute approximate surface area is 131 Å². The second kappa shape index (κ2) is 5.74. The maximum Gasteiger partial charge on any atom is 0.244 e. The van der Waals surface area contributed by atoms with E-state index in [0.717, 1.165) is 6.42 Å². The molecule has 0 bridgehead atoms. The molecule has 1 aliphatic heterocycles. The van der Waals surface area contributed by atoms with Gasteiger partial charge in [0, 0.05) is 26.3 Å².